The standard InChI is InChI=1S/C27H36N6O5S/c1-18-22-13-20(12-19(22)7-9-28-18)29-8-5-6-21-15-32(27(35)38-21)23-14-30-26-25(31-23)33(24(34)16-37-26)17-36-10-11-39(2,3)4/h7,9,14-15,20,29H,5-6,8,10-13,16-17H2,1-4H3. The Morgan fingerprint density at radius 3 is 2.85 bits per heavy atom. The van der Waals surface area contributed by atoms with Crippen LogP contribution in [-0.2, 0) is 28.8 Å². The number of fused-ring (bicyclic) bond motifs is 2. The number of ether oxygens (including phenoxy) is 2. The zero-order chi connectivity index (χ0) is 27.6. The zero-order valence-electron chi connectivity index (χ0n) is 22.9. The fourth-order valence-electron chi connectivity index (χ4n) is 4.75. The van der Waals surface area contributed by atoms with E-state index in [1.54, 1.807) is 6.20 Å². The molecule has 1 aliphatic carbocycles. The van der Waals surface area contributed by atoms with E-state index in [4.69, 9.17) is 13.9 Å². The van der Waals surface area contributed by atoms with Crippen LogP contribution < -0.4 is 20.7 Å². The Kier molecular flexibility index (Phi) is 8.06. The van der Waals surface area contributed by atoms with Crippen LogP contribution in [0, 0.1) is 6.92 Å². The number of aromatic nitrogens is 4. The predicted molar refractivity (Wildman–Crippen MR) is 150 cm³/mol. The minimum absolute atomic E-state index is 0.0452. The number of hydrogen-bond acceptors (Lipinski definition) is 9. The Morgan fingerprint density at radius 2 is 2.05 bits per heavy atom. The van der Waals surface area contributed by atoms with Crippen molar-refractivity contribution in [3.8, 4) is 11.7 Å². The highest BCUT2D eigenvalue weighted by atomic mass is 32.3. The summed E-state index contributed by atoms with van der Waals surface area (Å²) in [6, 6.07) is 2.50. The topological polar surface area (TPSA) is 125 Å². The molecule has 1 atom stereocenters. The molecule has 5 rings (SSSR count). The van der Waals surface area contributed by atoms with Crippen LogP contribution in [0.2, 0.25) is 0 Å². The fraction of sp³-hybridized carbons (Fsp3) is 0.519. The van der Waals surface area contributed by atoms with Crippen LogP contribution in [0.15, 0.2) is 33.9 Å². The molecule has 1 amide bonds. The van der Waals surface area contributed by atoms with Crippen molar-refractivity contribution in [2.75, 3.05) is 55.9 Å². The van der Waals surface area contributed by atoms with Crippen molar-refractivity contribution in [1.82, 2.24) is 24.8 Å². The molecular weight excluding hydrogens is 520 g/mol. The number of aryl methyl sites for hydroxylation is 2. The number of rotatable bonds is 11. The number of oxazole rings is 1. The van der Waals surface area contributed by atoms with Crippen molar-refractivity contribution < 1.29 is 18.7 Å². The van der Waals surface area contributed by atoms with E-state index in [-0.39, 0.29) is 36.8 Å². The first kappa shape index (κ1) is 27.4. The molecule has 1 N–H and O–H groups in total. The van der Waals surface area contributed by atoms with E-state index >= 15 is 0 Å². The SMILES string of the molecule is Cc1nccc2c1CC(NCCCc1cn(-c3cnc4c(n3)N(COCCS(C)(C)C)C(=O)CO4)c(=O)o1)C2. The van der Waals surface area contributed by atoms with Crippen molar-refractivity contribution in [3.63, 3.8) is 0 Å². The molecule has 210 valence electrons. The molecule has 0 saturated heterocycles. The number of nitrogens with one attached hydrogen (secondary N) is 1. The molecule has 4 heterocycles. The van der Waals surface area contributed by atoms with E-state index in [1.165, 1.54) is 26.8 Å². The van der Waals surface area contributed by atoms with Gasteiger partial charge < -0.3 is 19.2 Å². The quantitative estimate of drug-likeness (QED) is 0.353. The van der Waals surface area contributed by atoms with Gasteiger partial charge in [0.25, 0.3) is 11.8 Å². The second-order valence-electron chi connectivity index (χ2n) is 10.8. The highest BCUT2D eigenvalue weighted by molar-refractivity contribution is 8.32. The van der Waals surface area contributed by atoms with E-state index in [9.17, 15) is 9.59 Å². The summed E-state index contributed by atoms with van der Waals surface area (Å²) in [5.41, 5.74) is 3.84. The van der Waals surface area contributed by atoms with Gasteiger partial charge in [-0.25, -0.2) is 29.4 Å². The summed E-state index contributed by atoms with van der Waals surface area (Å²) in [6.07, 6.45) is 15.0. The molecule has 0 bridgehead atoms. The van der Waals surface area contributed by atoms with Crippen LogP contribution in [0.3, 0.4) is 0 Å². The lowest BCUT2D eigenvalue weighted by Gasteiger charge is -2.29. The molecule has 0 saturated carbocycles. The Morgan fingerprint density at radius 1 is 1.21 bits per heavy atom. The Hall–Kier alpha value is -3.22. The lowest BCUT2D eigenvalue weighted by atomic mass is 10.1. The third-order valence-electron chi connectivity index (χ3n) is 6.91. The molecule has 0 fully saturated rings. The van der Waals surface area contributed by atoms with Crippen LogP contribution >= 0.6 is 10.0 Å². The first-order valence-corrected chi connectivity index (χ1v) is 16.1. The second-order valence-corrected chi connectivity index (χ2v) is 15.4. The number of hydrogen-bond donors (Lipinski definition) is 1. The predicted octanol–water partition coefficient (Wildman–Crippen LogP) is 2.01. The molecule has 39 heavy (non-hydrogen) atoms. The monoisotopic (exact) mass is 556 g/mol. The zero-order valence-corrected chi connectivity index (χ0v) is 23.8. The largest absolute Gasteiger partial charge is 0.465 e. The van der Waals surface area contributed by atoms with Gasteiger partial charge in [0.15, 0.2) is 12.4 Å². The molecule has 1 unspecified atom stereocenters. The first-order valence-electron chi connectivity index (χ1n) is 13.1. The average molecular weight is 557 g/mol. The Labute approximate surface area is 229 Å². The maximum Gasteiger partial charge on any atom is 0.425 e. The number of nitrogens with zero attached hydrogens (tertiary/aromatic N) is 5. The molecule has 12 heteroatoms. The van der Waals surface area contributed by atoms with E-state index in [2.05, 4.69) is 52.0 Å². The molecule has 0 aromatic carbocycles. The van der Waals surface area contributed by atoms with Crippen LogP contribution in [0.1, 0.15) is 29.0 Å². The summed E-state index contributed by atoms with van der Waals surface area (Å²) in [6.45, 7) is 3.32. The number of amides is 1. The summed E-state index contributed by atoms with van der Waals surface area (Å²) in [5.74, 6) is 1.37. The van der Waals surface area contributed by atoms with E-state index < -0.39 is 15.8 Å². The normalized spacial score (nSPS) is 17.2. The minimum Gasteiger partial charge on any atom is -0.465 e. The van der Waals surface area contributed by atoms with Gasteiger partial charge in [-0.3, -0.25) is 14.7 Å². The minimum atomic E-state index is -0.708. The molecule has 3 aromatic heterocycles. The third-order valence-corrected chi connectivity index (χ3v) is 8.30. The number of anilines is 1. The number of carbonyl (C=O) groups is 1. The van der Waals surface area contributed by atoms with Gasteiger partial charge in [0.1, 0.15) is 12.5 Å². The maximum atomic E-state index is 12.6. The molecule has 1 aliphatic heterocycles. The highest BCUT2D eigenvalue weighted by Gasteiger charge is 2.29. The summed E-state index contributed by atoms with van der Waals surface area (Å²) in [5, 5.41) is 3.61. The van der Waals surface area contributed by atoms with Crippen molar-refractivity contribution in [2.45, 2.75) is 38.6 Å². The van der Waals surface area contributed by atoms with E-state index in [0.717, 1.165) is 37.3 Å². The van der Waals surface area contributed by atoms with Crippen LogP contribution in [0.25, 0.3) is 5.82 Å². The van der Waals surface area contributed by atoms with Gasteiger partial charge in [0.2, 0.25) is 5.82 Å². The highest BCUT2D eigenvalue weighted by Crippen LogP contribution is 2.34. The van der Waals surface area contributed by atoms with E-state index in [1.807, 2.05) is 6.20 Å². The first-order chi connectivity index (χ1) is 18.7. The number of carbonyl (C=O) groups excluding carboxylic acids is 1. The van der Waals surface area contributed by atoms with Gasteiger partial charge in [0.05, 0.1) is 19.0 Å². The molecule has 0 spiro atoms. The molecular formula is C27H36N6O5S. The lowest BCUT2D eigenvalue weighted by Crippen LogP contribution is -2.41. The summed E-state index contributed by atoms with van der Waals surface area (Å²) in [7, 11) is -0.708. The van der Waals surface area contributed by atoms with Gasteiger partial charge in [-0.1, -0.05) is 0 Å². The van der Waals surface area contributed by atoms with E-state index in [0.29, 0.717) is 24.8 Å². The molecule has 11 nitrogen and oxygen atoms in total. The van der Waals surface area contributed by atoms with Crippen LogP contribution in [0.4, 0.5) is 5.82 Å². The molecule has 3 aromatic rings. The smallest absolute Gasteiger partial charge is 0.425 e. The van der Waals surface area contributed by atoms with Crippen LogP contribution in [-0.4, -0.2) is 82.5 Å². The molecule has 2 aliphatic rings. The van der Waals surface area contributed by atoms with Gasteiger partial charge in [-0.15, -0.1) is 0 Å². The van der Waals surface area contributed by atoms with Gasteiger partial charge in [-0.05, 0) is 68.7 Å². The van der Waals surface area contributed by atoms with Gasteiger partial charge in [0, 0.05) is 30.1 Å². The van der Waals surface area contributed by atoms with Crippen molar-refractivity contribution in [1.29, 1.82) is 0 Å². The number of pyridine rings is 1. The fourth-order valence-corrected chi connectivity index (χ4v) is 5.37. The second kappa shape index (κ2) is 11.5. The van der Waals surface area contributed by atoms with Crippen molar-refractivity contribution in [3.05, 3.63) is 57.8 Å². The molecule has 0 radical (unpaired) electrons. The average Bonchev–Trinajstić information content (AvgIpc) is 3.48. The van der Waals surface area contributed by atoms with Gasteiger partial charge in [-0.2, -0.15) is 0 Å². The summed E-state index contributed by atoms with van der Waals surface area (Å²) in [4.78, 5) is 39.8. The summed E-state index contributed by atoms with van der Waals surface area (Å²) >= 11 is 0. The Bertz CT molecular complexity index is 1400. The maximum absolute atomic E-state index is 12.6. The third kappa shape index (κ3) is 6.51. The van der Waals surface area contributed by atoms with Gasteiger partial charge >= 0.3 is 5.76 Å². The Balaban J connectivity index is 1.19. The summed E-state index contributed by atoms with van der Waals surface area (Å²) < 4.78 is 18.0. The van der Waals surface area contributed by atoms with Crippen molar-refractivity contribution >= 4 is 21.8 Å². The van der Waals surface area contributed by atoms with Crippen LogP contribution in [0.5, 0.6) is 5.88 Å². The lowest BCUT2D eigenvalue weighted by molar-refractivity contribution is -0.122. The van der Waals surface area contributed by atoms with Crippen molar-refractivity contribution in [2.24, 2.45) is 0 Å².